The standard InChI is InChI=1S/C16H17N5/c17-9-15-16(13-3-1-2-4-14(13)19-20-15)21-8-7-11-5-6-12(10-21)18-11/h1-4,11-12,18H,5-8,10H2. The molecule has 2 saturated heterocycles. The SMILES string of the molecule is N#Cc1nnc2ccccc2c1N1CCC2CCC(C1)N2. The topological polar surface area (TPSA) is 64.8 Å². The van der Waals surface area contributed by atoms with Crippen molar-refractivity contribution in [2.45, 2.75) is 31.3 Å². The summed E-state index contributed by atoms with van der Waals surface area (Å²) in [6, 6.07) is 11.3. The van der Waals surface area contributed by atoms with Gasteiger partial charge in [0.25, 0.3) is 0 Å². The number of benzene rings is 1. The second-order valence-electron chi connectivity index (χ2n) is 5.90. The van der Waals surface area contributed by atoms with Gasteiger partial charge in [0.1, 0.15) is 6.07 Å². The lowest BCUT2D eigenvalue weighted by Gasteiger charge is -2.27. The van der Waals surface area contributed by atoms with Crippen molar-refractivity contribution in [2.75, 3.05) is 18.0 Å². The summed E-state index contributed by atoms with van der Waals surface area (Å²) in [5.41, 5.74) is 2.25. The molecule has 106 valence electrons. The van der Waals surface area contributed by atoms with Gasteiger partial charge < -0.3 is 10.2 Å². The molecule has 0 radical (unpaired) electrons. The van der Waals surface area contributed by atoms with E-state index in [1.807, 2.05) is 24.3 Å². The number of hydrogen-bond donors (Lipinski definition) is 1. The summed E-state index contributed by atoms with van der Waals surface area (Å²) >= 11 is 0. The van der Waals surface area contributed by atoms with Gasteiger partial charge >= 0.3 is 0 Å². The molecule has 2 aliphatic rings. The van der Waals surface area contributed by atoms with Crippen LogP contribution < -0.4 is 10.2 Å². The van der Waals surface area contributed by atoms with Crippen molar-refractivity contribution >= 4 is 16.6 Å². The number of aromatic nitrogens is 2. The number of rotatable bonds is 1. The van der Waals surface area contributed by atoms with Crippen LogP contribution in [0, 0.1) is 11.3 Å². The fraction of sp³-hybridized carbons (Fsp3) is 0.438. The van der Waals surface area contributed by atoms with Crippen molar-refractivity contribution in [3.63, 3.8) is 0 Å². The van der Waals surface area contributed by atoms with Crippen molar-refractivity contribution in [3.8, 4) is 6.07 Å². The van der Waals surface area contributed by atoms with E-state index in [4.69, 9.17) is 0 Å². The molecule has 2 aliphatic heterocycles. The first-order valence-corrected chi connectivity index (χ1v) is 7.51. The van der Waals surface area contributed by atoms with E-state index < -0.39 is 0 Å². The van der Waals surface area contributed by atoms with Gasteiger partial charge in [0, 0.05) is 30.6 Å². The Morgan fingerprint density at radius 1 is 1.14 bits per heavy atom. The molecule has 4 rings (SSSR count). The average molecular weight is 279 g/mol. The molecule has 3 heterocycles. The average Bonchev–Trinajstić information content (AvgIpc) is 2.86. The maximum absolute atomic E-state index is 9.42. The van der Waals surface area contributed by atoms with Crippen molar-refractivity contribution in [3.05, 3.63) is 30.0 Å². The predicted molar refractivity (Wildman–Crippen MR) is 81.0 cm³/mol. The van der Waals surface area contributed by atoms with E-state index in [1.54, 1.807) is 0 Å². The van der Waals surface area contributed by atoms with Gasteiger partial charge in [-0.25, -0.2) is 0 Å². The summed E-state index contributed by atoms with van der Waals surface area (Å²) < 4.78 is 0. The molecule has 2 bridgehead atoms. The molecule has 0 aliphatic carbocycles. The van der Waals surface area contributed by atoms with Gasteiger partial charge in [0.05, 0.1) is 11.2 Å². The molecule has 2 unspecified atom stereocenters. The van der Waals surface area contributed by atoms with E-state index in [0.717, 1.165) is 36.1 Å². The Kier molecular flexibility index (Phi) is 2.97. The third-order valence-corrected chi connectivity index (χ3v) is 4.59. The van der Waals surface area contributed by atoms with E-state index in [9.17, 15) is 5.26 Å². The smallest absolute Gasteiger partial charge is 0.187 e. The Bertz CT molecular complexity index is 720. The summed E-state index contributed by atoms with van der Waals surface area (Å²) in [6.07, 6.45) is 3.62. The van der Waals surface area contributed by atoms with Crippen molar-refractivity contribution in [1.29, 1.82) is 5.26 Å². The Morgan fingerprint density at radius 3 is 2.90 bits per heavy atom. The molecule has 0 spiro atoms. The normalized spacial score (nSPS) is 24.8. The molecule has 21 heavy (non-hydrogen) atoms. The number of nitrogens with zero attached hydrogens (tertiary/aromatic N) is 4. The minimum atomic E-state index is 0.437. The zero-order valence-electron chi connectivity index (χ0n) is 11.8. The molecule has 0 amide bonds. The quantitative estimate of drug-likeness (QED) is 0.862. The summed E-state index contributed by atoms with van der Waals surface area (Å²) in [6.45, 7) is 1.92. The maximum atomic E-state index is 9.42. The van der Waals surface area contributed by atoms with E-state index in [2.05, 4.69) is 26.5 Å². The third kappa shape index (κ3) is 2.12. The first kappa shape index (κ1) is 12.5. The van der Waals surface area contributed by atoms with Crippen LogP contribution in [0.5, 0.6) is 0 Å². The van der Waals surface area contributed by atoms with Crippen molar-refractivity contribution < 1.29 is 0 Å². The zero-order chi connectivity index (χ0) is 14.2. The van der Waals surface area contributed by atoms with Gasteiger partial charge in [-0.3, -0.25) is 0 Å². The lowest BCUT2D eigenvalue weighted by molar-refractivity contribution is 0.563. The van der Waals surface area contributed by atoms with Crippen LogP contribution in [0.4, 0.5) is 5.69 Å². The molecule has 0 saturated carbocycles. The van der Waals surface area contributed by atoms with Crippen molar-refractivity contribution in [2.24, 2.45) is 0 Å². The molecule has 2 aromatic rings. The van der Waals surface area contributed by atoms with Crippen LogP contribution in [0.2, 0.25) is 0 Å². The Hall–Kier alpha value is -2.19. The first-order valence-electron chi connectivity index (χ1n) is 7.51. The first-order chi connectivity index (χ1) is 10.3. The number of fused-ring (bicyclic) bond motifs is 3. The predicted octanol–water partition coefficient (Wildman–Crippen LogP) is 1.83. The van der Waals surface area contributed by atoms with Gasteiger partial charge in [-0.2, -0.15) is 5.26 Å². The number of nitriles is 1. The summed E-state index contributed by atoms with van der Waals surface area (Å²) in [4.78, 5) is 2.33. The van der Waals surface area contributed by atoms with Crippen molar-refractivity contribution in [1.82, 2.24) is 15.5 Å². The van der Waals surface area contributed by atoms with Gasteiger partial charge in [-0.05, 0) is 25.3 Å². The van der Waals surface area contributed by atoms with Gasteiger partial charge in [0.15, 0.2) is 5.69 Å². The van der Waals surface area contributed by atoms with Crippen LogP contribution in [0.15, 0.2) is 24.3 Å². The minimum Gasteiger partial charge on any atom is -0.367 e. The molecule has 5 heteroatoms. The third-order valence-electron chi connectivity index (χ3n) is 4.59. The Morgan fingerprint density at radius 2 is 2.00 bits per heavy atom. The molecule has 5 nitrogen and oxygen atoms in total. The highest BCUT2D eigenvalue weighted by Gasteiger charge is 2.31. The fourth-order valence-corrected chi connectivity index (χ4v) is 3.58. The molecule has 2 atom stereocenters. The molecule has 1 aromatic heterocycles. The van der Waals surface area contributed by atoms with E-state index in [-0.39, 0.29) is 0 Å². The molecule has 1 N–H and O–H groups in total. The summed E-state index contributed by atoms with van der Waals surface area (Å²) in [5.74, 6) is 0. The van der Waals surface area contributed by atoms with Crippen LogP contribution in [0.1, 0.15) is 25.0 Å². The molecule has 2 fully saturated rings. The largest absolute Gasteiger partial charge is 0.367 e. The molecular formula is C16H17N5. The monoisotopic (exact) mass is 279 g/mol. The Balaban J connectivity index is 1.83. The zero-order valence-corrected chi connectivity index (χ0v) is 11.8. The van der Waals surface area contributed by atoms with E-state index >= 15 is 0 Å². The maximum Gasteiger partial charge on any atom is 0.187 e. The summed E-state index contributed by atoms with van der Waals surface area (Å²) in [7, 11) is 0. The van der Waals surface area contributed by atoms with Crippen LogP contribution in [-0.2, 0) is 0 Å². The van der Waals surface area contributed by atoms with E-state index in [0.29, 0.717) is 17.8 Å². The number of anilines is 1. The second-order valence-corrected chi connectivity index (χ2v) is 5.90. The highest BCUT2D eigenvalue weighted by Crippen LogP contribution is 2.31. The van der Waals surface area contributed by atoms with Crippen LogP contribution in [0.25, 0.3) is 10.9 Å². The summed E-state index contributed by atoms with van der Waals surface area (Å²) in [5, 5.41) is 22.4. The lowest BCUT2D eigenvalue weighted by Crippen LogP contribution is -2.36. The highest BCUT2D eigenvalue weighted by molar-refractivity contribution is 5.93. The number of hydrogen-bond acceptors (Lipinski definition) is 5. The van der Waals surface area contributed by atoms with Crippen LogP contribution in [-0.4, -0.2) is 35.4 Å². The second kappa shape index (κ2) is 4.97. The lowest BCUT2D eigenvalue weighted by atomic mass is 10.1. The number of nitrogens with one attached hydrogen (secondary N) is 1. The van der Waals surface area contributed by atoms with Crippen LogP contribution >= 0.6 is 0 Å². The molecule has 1 aromatic carbocycles. The van der Waals surface area contributed by atoms with Gasteiger partial charge in [0.2, 0.25) is 0 Å². The highest BCUT2D eigenvalue weighted by atomic mass is 15.2. The fourth-order valence-electron chi connectivity index (χ4n) is 3.58. The van der Waals surface area contributed by atoms with E-state index in [1.165, 1.54) is 12.8 Å². The Labute approximate surface area is 123 Å². The van der Waals surface area contributed by atoms with Gasteiger partial charge in [-0.15, -0.1) is 10.2 Å². The minimum absolute atomic E-state index is 0.437. The molecular weight excluding hydrogens is 262 g/mol. The van der Waals surface area contributed by atoms with Crippen LogP contribution in [0.3, 0.4) is 0 Å². The van der Waals surface area contributed by atoms with Gasteiger partial charge in [-0.1, -0.05) is 18.2 Å².